The number of ether oxygens (including phenoxy) is 4. The van der Waals surface area contributed by atoms with E-state index < -0.39 is 11.6 Å². The summed E-state index contributed by atoms with van der Waals surface area (Å²) in [5.74, 6) is -0.358. The molecule has 8 nitrogen and oxygen atoms in total. The van der Waals surface area contributed by atoms with Gasteiger partial charge < -0.3 is 23.4 Å². The molecule has 168 valence electrons. The number of fused-ring (bicyclic) bond motifs is 1. The molecule has 0 aliphatic carbocycles. The monoisotopic (exact) mass is 440 g/mol. The first-order chi connectivity index (χ1) is 15.4. The SMILES string of the molecule is CCOC(=O)CCc1cc2c(C)cc(=O)oc2cc1OC(=O)c1c(OC)cccc1OC. The highest BCUT2D eigenvalue weighted by atomic mass is 16.5. The molecule has 0 spiro atoms. The average molecular weight is 440 g/mol. The summed E-state index contributed by atoms with van der Waals surface area (Å²) in [6.07, 6.45) is 0.358. The fourth-order valence-electron chi connectivity index (χ4n) is 3.35. The second-order valence-corrected chi connectivity index (χ2v) is 6.94. The highest BCUT2D eigenvalue weighted by molar-refractivity contribution is 5.97. The fourth-order valence-corrected chi connectivity index (χ4v) is 3.35. The van der Waals surface area contributed by atoms with E-state index in [9.17, 15) is 14.4 Å². The van der Waals surface area contributed by atoms with E-state index >= 15 is 0 Å². The zero-order valence-electron chi connectivity index (χ0n) is 18.4. The summed E-state index contributed by atoms with van der Waals surface area (Å²) in [5, 5.41) is 0.679. The van der Waals surface area contributed by atoms with E-state index in [1.54, 1.807) is 38.1 Å². The molecule has 3 rings (SSSR count). The lowest BCUT2D eigenvalue weighted by atomic mass is 10.0. The van der Waals surface area contributed by atoms with Crippen LogP contribution >= 0.6 is 0 Å². The van der Waals surface area contributed by atoms with Crippen LogP contribution in [0.3, 0.4) is 0 Å². The van der Waals surface area contributed by atoms with E-state index in [0.717, 1.165) is 0 Å². The molecule has 0 saturated carbocycles. The lowest BCUT2D eigenvalue weighted by Gasteiger charge is -2.15. The average Bonchev–Trinajstić information content (AvgIpc) is 2.77. The van der Waals surface area contributed by atoms with Gasteiger partial charge in [0.25, 0.3) is 0 Å². The van der Waals surface area contributed by atoms with E-state index in [1.807, 2.05) is 0 Å². The lowest BCUT2D eigenvalue weighted by Crippen LogP contribution is -2.14. The van der Waals surface area contributed by atoms with Crippen molar-refractivity contribution in [2.75, 3.05) is 20.8 Å². The lowest BCUT2D eigenvalue weighted by molar-refractivity contribution is -0.143. The molecular formula is C24H24O8. The number of carbonyl (C=O) groups excluding carboxylic acids is 2. The van der Waals surface area contributed by atoms with E-state index in [0.29, 0.717) is 16.5 Å². The van der Waals surface area contributed by atoms with Gasteiger partial charge in [-0.15, -0.1) is 0 Å². The predicted molar refractivity (Wildman–Crippen MR) is 117 cm³/mol. The second-order valence-electron chi connectivity index (χ2n) is 6.94. The smallest absolute Gasteiger partial charge is 0.351 e. The molecule has 3 aromatic rings. The Morgan fingerprint density at radius 1 is 1.00 bits per heavy atom. The molecule has 0 fully saturated rings. The van der Waals surface area contributed by atoms with Crippen LogP contribution in [0.25, 0.3) is 11.0 Å². The number of esters is 2. The molecular weight excluding hydrogens is 416 g/mol. The molecule has 0 radical (unpaired) electrons. The Hall–Kier alpha value is -3.81. The van der Waals surface area contributed by atoms with E-state index in [2.05, 4.69) is 0 Å². The third-order valence-corrected chi connectivity index (χ3v) is 4.87. The van der Waals surface area contributed by atoms with Crippen molar-refractivity contribution in [2.24, 2.45) is 0 Å². The van der Waals surface area contributed by atoms with Crippen molar-refractivity contribution in [1.82, 2.24) is 0 Å². The van der Waals surface area contributed by atoms with Gasteiger partial charge in [0.15, 0.2) is 0 Å². The predicted octanol–water partition coefficient (Wildman–Crippen LogP) is 3.83. The van der Waals surface area contributed by atoms with Crippen LogP contribution in [0.1, 0.15) is 34.8 Å². The Morgan fingerprint density at radius 2 is 1.69 bits per heavy atom. The first kappa shape index (κ1) is 22.9. The summed E-state index contributed by atoms with van der Waals surface area (Å²) in [4.78, 5) is 36.8. The third-order valence-electron chi connectivity index (χ3n) is 4.87. The van der Waals surface area contributed by atoms with Crippen LogP contribution < -0.4 is 19.8 Å². The van der Waals surface area contributed by atoms with Crippen molar-refractivity contribution >= 4 is 22.9 Å². The highest BCUT2D eigenvalue weighted by Crippen LogP contribution is 2.33. The topological polar surface area (TPSA) is 101 Å². The summed E-state index contributed by atoms with van der Waals surface area (Å²) in [6, 6.07) is 9.52. The summed E-state index contributed by atoms with van der Waals surface area (Å²) in [7, 11) is 2.87. The van der Waals surface area contributed by atoms with Crippen molar-refractivity contribution < 1.29 is 33.0 Å². The van der Waals surface area contributed by atoms with Gasteiger partial charge >= 0.3 is 17.6 Å². The zero-order valence-corrected chi connectivity index (χ0v) is 18.4. The molecule has 0 saturated heterocycles. The van der Waals surface area contributed by atoms with E-state index in [-0.39, 0.29) is 53.8 Å². The van der Waals surface area contributed by atoms with Gasteiger partial charge in [0.1, 0.15) is 28.4 Å². The number of hydrogen-bond acceptors (Lipinski definition) is 8. The maximum Gasteiger partial charge on any atom is 0.351 e. The molecule has 2 aromatic carbocycles. The summed E-state index contributed by atoms with van der Waals surface area (Å²) < 4.78 is 26.5. The Morgan fingerprint density at radius 3 is 2.31 bits per heavy atom. The van der Waals surface area contributed by atoms with Crippen LogP contribution in [0, 0.1) is 6.92 Å². The van der Waals surface area contributed by atoms with Gasteiger partial charge in [-0.2, -0.15) is 0 Å². The Bertz CT molecular complexity index is 1190. The zero-order chi connectivity index (χ0) is 23.3. The van der Waals surface area contributed by atoms with Gasteiger partial charge in [-0.3, -0.25) is 4.79 Å². The van der Waals surface area contributed by atoms with Crippen LogP contribution in [0.2, 0.25) is 0 Å². The number of aryl methyl sites for hydroxylation is 2. The minimum Gasteiger partial charge on any atom is -0.496 e. The molecule has 0 amide bonds. The largest absolute Gasteiger partial charge is 0.496 e. The van der Waals surface area contributed by atoms with Crippen molar-refractivity contribution in [3.05, 3.63) is 63.5 Å². The highest BCUT2D eigenvalue weighted by Gasteiger charge is 2.22. The third kappa shape index (κ3) is 4.91. The van der Waals surface area contributed by atoms with Crippen LogP contribution in [0.4, 0.5) is 0 Å². The van der Waals surface area contributed by atoms with Gasteiger partial charge in [-0.25, -0.2) is 9.59 Å². The number of hydrogen-bond donors (Lipinski definition) is 0. The fraction of sp³-hybridized carbons (Fsp3) is 0.292. The quantitative estimate of drug-likeness (QED) is 0.296. The van der Waals surface area contributed by atoms with Gasteiger partial charge in [-0.1, -0.05) is 6.07 Å². The maximum atomic E-state index is 13.1. The van der Waals surface area contributed by atoms with Gasteiger partial charge in [0, 0.05) is 23.9 Å². The molecule has 1 heterocycles. The van der Waals surface area contributed by atoms with Crippen LogP contribution in [0.5, 0.6) is 17.2 Å². The van der Waals surface area contributed by atoms with Crippen LogP contribution in [-0.2, 0) is 16.0 Å². The summed E-state index contributed by atoms with van der Waals surface area (Å²) >= 11 is 0. The minimum absolute atomic E-state index is 0.0949. The molecule has 0 unspecified atom stereocenters. The number of benzene rings is 2. The molecule has 0 aliphatic rings. The summed E-state index contributed by atoms with van der Waals surface area (Å²) in [5.41, 5.74) is 1.16. The molecule has 0 atom stereocenters. The molecule has 32 heavy (non-hydrogen) atoms. The molecule has 0 bridgehead atoms. The van der Waals surface area contributed by atoms with Gasteiger partial charge in [-0.05, 0) is 49.6 Å². The Kier molecular flexibility index (Phi) is 7.14. The standard InChI is InChI=1S/C24H24O8/c1-5-30-21(25)10-9-15-12-16-14(2)11-22(26)31-20(16)13-19(15)32-24(27)23-17(28-3)7-6-8-18(23)29-4/h6-8,11-13H,5,9-10H2,1-4H3. The number of carbonyl (C=O) groups is 2. The van der Waals surface area contributed by atoms with Crippen molar-refractivity contribution in [3.63, 3.8) is 0 Å². The molecule has 8 heteroatoms. The first-order valence-electron chi connectivity index (χ1n) is 10.0. The van der Waals surface area contributed by atoms with Crippen LogP contribution in [0.15, 0.2) is 45.6 Å². The minimum atomic E-state index is -0.717. The number of rotatable bonds is 8. The van der Waals surface area contributed by atoms with Crippen molar-refractivity contribution in [2.45, 2.75) is 26.7 Å². The molecule has 0 N–H and O–H groups in total. The van der Waals surface area contributed by atoms with Crippen molar-refractivity contribution in [1.29, 1.82) is 0 Å². The first-order valence-corrected chi connectivity index (χ1v) is 10.0. The van der Waals surface area contributed by atoms with Gasteiger partial charge in [0.05, 0.1) is 20.8 Å². The number of methoxy groups -OCH3 is 2. The summed E-state index contributed by atoms with van der Waals surface area (Å²) in [6.45, 7) is 3.78. The Labute approximate surface area is 184 Å². The molecule has 1 aromatic heterocycles. The van der Waals surface area contributed by atoms with Gasteiger partial charge in [0.2, 0.25) is 0 Å². The van der Waals surface area contributed by atoms with Crippen molar-refractivity contribution in [3.8, 4) is 17.2 Å². The Balaban J connectivity index is 2.05. The van der Waals surface area contributed by atoms with E-state index in [4.69, 9.17) is 23.4 Å². The molecule has 0 aliphatic heterocycles. The maximum absolute atomic E-state index is 13.1. The van der Waals surface area contributed by atoms with Crippen LogP contribution in [-0.4, -0.2) is 32.8 Å². The normalized spacial score (nSPS) is 10.6. The second kappa shape index (κ2) is 10.00. The van der Waals surface area contributed by atoms with E-state index in [1.165, 1.54) is 26.4 Å².